The highest BCUT2D eigenvalue weighted by molar-refractivity contribution is 6.06. The maximum absolute atomic E-state index is 12.8. The monoisotopic (exact) mass is 421 g/mol. The van der Waals surface area contributed by atoms with Gasteiger partial charge in [0.05, 0.1) is 7.11 Å². The number of benzene rings is 1. The van der Waals surface area contributed by atoms with Gasteiger partial charge < -0.3 is 19.9 Å². The second kappa shape index (κ2) is 8.82. The Hall–Kier alpha value is -3.95. The lowest BCUT2D eigenvalue weighted by Gasteiger charge is -2.34. The third-order valence-electron chi connectivity index (χ3n) is 5.02. The number of amides is 2. The molecule has 10 nitrogen and oxygen atoms in total. The van der Waals surface area contributed by atoms with Crippen LogP contribution in [0.3, 0.4) is 0 Å². The van der Waals surface area contributed by atoms with Gasteiger partial charge in [-0.15, -0.1) is 5.10 Å². The molecule has 0 unspecified atom stereocenters. The van der Waals surface area contributed by atoms with Crippen LogP contribution in [0.5, 0.6) is 5.88 Å². The third kappa shape index (κ3) is 4.47. The third-order valence-corrected chi connectivity index (χ3v) is 5.02. The van der Waals surface area contributed by atoms with Gasteiger partial charge in [0.15, 0.2) is 0 Å². The molecule has 10 heteroatoms. The number of piperazine rings is 1. The SMILES string of the molecule is COc1nn(C)cc1C(=O)Nc1ccc(C(=O)N2CCN(c3ncccn3)CC2)cc1. The first-order valence-electron chi connectivity index (χ1n) is 9.85. The lowest BCUT2D eigenvalue weighted by Crippen LogP contribution is -2.49. The Bertz CT molecular complexity index is 1060. The van der Waals surface area contributed by atoms with Gasteiger partial charge in [-0.1, -0.05) is 0 Å². The summed E-state index contributed by atoms with van der Waals surface area (Å²) in [6, 6.07) is 8.63. The average molecular weight is 421 g/mol. The van der Waals surface area contributed by atoms with E-state index in [0.29, 0.717) is 48.9 Å². The molecule has 2 aromatic heterocycles. The van der Waals surface area contributed by atoms with Crippen molar-refractivity contribution in [1.29, 1.82) is 0 Å². The molecule has 3 heterocycles. The van der Waals surface area contributed by atoms with Crippen molar-refractivity contribution in [1.82, 2.24) is 24.6 Å². The van der Waals surface area contributed by atoms with Crippen molar-refractivity contribution in [3.63, 3.8) is 0 Å². The number of carbonyl (C=O) groups is 2. The zero-order valence-electron chi connectivity index (χ0n) is 17.4. The highest BCUT2D eigenvalue weighted by Gasteiger charge is 2.23. The van der Waals surface area contributed by atoms with Crippen LogP contribution in [0.2, 0.25) is 0 Å². The number of hydrogen-bond acceptors (Lipinski definition) is 7. The predicted octanol–water partition coefficient (Wildman–Crippen LogP) is 1.43. The summed E-state index contributed by atoms with van der Waals surface area (Å²) in [5.41, 5.74) is 1.49. The van der Waals surface area contributed by atoms with E-state index in [-0.39, 0.29) is 17.7 Å². The molecular formula is C21H23N7O3. The Kier molecular flexibility index (Phi) is 5.78. The van der Waals surface area contributed by atoms with Gasteiger partial charge >= 0.3 is 0 Å². The quantitative estimate of drug-likeness (QED) is 0.664. The molecule has 1 aliphatic rings. The van der Waals surface area contributed by atoms with E-state index in [1.807, 2.05) is 4.90 Å². The van der Waals surface area contributed by atoms with Crippen LogP contribution in [0.1, 0.15) is 20.7 Å². The summed E-state index contributed by atoms with van der Waals surface area (Å²) in [5, 5.41) is 6.88. The minimum atomic E-state index is -0.330. The van der Waals surface area contributed by atoms with Crippen LogP contribution in [0.15, 0.2) is 48.9 Å². The highest BCUT2D eigenvalue weighted by atomic mass is 16.5. The number of ether oxygens (including phenoxy) is 1. The van der Waals surface area contributed by atoms with Gasteiger partial charge in [-0.25, -0.2) is 9.97 Å². The van der Waals surface area contributed by atoms with Crippen molar-refractivity contribution in [2.45, 2.75) is 0 Å². The molecule has 1 aromatic carbocycles. The van der Waals surface area contributed by atoms with E-state index in [1.54, 1.807) is 56.0 Å². The fraction of sp³-hybridized carbons (Fsp3) is 0.286. The average Bonchev–Trinajstić information content (AvgIpc) is 3.21. The smallest absolute Gasteiger partial charge is 0.262 e. The van der Waals surface area contributed by atoms with E-state index in [2.05, 4.69) is 25.3 Å². The molecule has 31 heavy (non-hydrogen) atoms. The number of anilines is 2. The van der Waals surface area contributed by atoms with E-state index >= 15 is 0 Å². The Balaban J connectivity index is 1.36. The van der Waals surface area contributed by atoms with Crippen LogP contribution in [0, 0.1) is 0 Å². The van der Waals surface area contributed by atoms with Gasteiger partial charge in [0.1, 0.15) is 5.56 Å². The summed E-state index contributed by atoms with van der Waals surface area (Å²) in [7, 11) is 3.18. The highest BCUT2D eigenvalue weighted by Crippen LogP contribution is 2.19. The Morgan fingerprint density at radius 2 is 1.71 bits per heavy atom. The number of hydrogen-bond donors (Lipinski definition) is 1. The summed E-state index contributed by atoms with van der Waals surface area (Å²) < 4.78 is 6.64. The van der Waals surface area contributed by atoms with Crippen molar-refractivity contribution in [2.24, 2.45) is 7.05 Å². The summed E-state index contributed by atoms with van der Waals surface area (Å²) in [4.78, 5) is 37.7. The number of aryl methyl sites for hydroxylation is 1. The van der Waals surface area contributed by atoms with Crippen molar-refractivity contribution in [3.05, 3.63) is 60.0 Å². The first kappa shape index (κ1) is 20.3. The molecule has 4 rings (SSSR count). The van der Waals surface area contributed by atoms with Gasteiger partial charge in [0, 0.05) is 63.1 Å². The second-order valence-electron chi connectivity index (χ2n) is 7.09. The molecule has 0 bridgehead atoms. The minimum Gasteiger partial charge on any atom is -0.479 e. The van der Waals surface area contributed by atoms with E-state index in [0.717, 1.165) is 0 Å². The molecule has 3 aromatic rings. The predicted molar refractivity (Wildman–Crippen MR) is 114 cm³/mol. The van der Waals surface area contributed by atoms with Gasteiger partial charge in [-0.05, 0) is 30.3 Å². The Labute approximate surface area is 179 Å². The normalized spacial score (nSPS) is 13.7. The molecule has 1 fully saturated rings. The molecule has 0 atom stereocenters. The van der Waals surface area contributed by atoms with Crippen molar-refractivity contribution < 1.29 is 14.3 Å². The van der Waals surface area contributed by atoms with Crippen LogP contribution >= 0.6 is 0 Å². The maximum Gasteiger partial charge on any atom is 0.262 e. The topological polar surface area (TPSA) is 105 Å². The molecule has 1 saturated heterocycles. The van der Waals surface area contributed by atoms with E-state index in [9.17, 15) is 9.59 Å². The number of rotatable bonds is 5. The molecule has 160 valence electrons. The Morgan fingerprint density at radius 3 is 2.35 bits per heavy atom. The van der Waals surface area contributed by atoms with Crippen LogP contribution < -0.4 is 15.0 Å². The van der Waals surface area contributed by atoms with Gasteiger partial charge in [0.2, 0.25) is 11.8 Å². The van der Waals surface area contributed by atoms with E-state index in [1.165, 1.54) is 11.8 Å². The first-order valence-corrected chi connectivity index (χ1v) is 9.85. The van der Waals surface area contributed by atoms with Crippen molar-refractivity contribution >= 4 is 23.5 Å². The molecule has 0 spiro atoms. The molecule has 0 aliphatic carbocycles. The lowest BCUT2D eigenvalue weighted by atomic mass is 10.1. The minimum absolute atomic E-state index is 0.0413. The van der Waals surface area contributed by atoms with Crippen LogP contribution in [0.25, 0.3) is 0 Å². The fourth-order valence-electron chi connectivity index (χ4n) is 3.42. The van der Waals surface area contributed by atoms with E-state index < -0.39 is 0 Å². The maximum atomic E-state index is 12.8. The number of aromatic nitrogens is 4. The summed E-state index contributed by atoms with van der Waals surface area (Å²) in [6.07, 6.45) is 5.02. The molecule has 0 saturated carbocycles. The molecular weight excluding hydrogens is 398 g/mol. The lowest BCUT2D eigenvalue weighted by molar-refractivity contribution is 0.0746. The molecule has 2 amide bonds. The molecule has 1 N–H and O–H groups in total. The number of nitrogens with zero attached hydrogens (tertiary/aromatic N) is 6. The first-order chi connectivity index (χ1) is 15.0. The zero-order chi connectivity index (χ0) is 21.8. The summed E-state index contributed by atoms with van der Waals surface area (Å²) >= 11 is 0. The van der Waals surface area contributed by atoms with Crippen LogP contribution in [0.4, 0.5) is 11.6 Å². The Morgan fingerprint density at radius 1 is 1.03 bits per heavy atom. The van der Waals surface area contributed by atoms with Gasteiger partial charge in [-0.2, -0.15) is 0 Å². The summed E-state index contributed by atoms with van der Waals surface area (Å²) in [6.45, 7) is 2.54. The van der Waals surface area contributed by atoms with Gasteiger partial charge in [0.25, 0.3) is 11.8 Å². The summed E-state index contributed by atoms with van der Waals surface area (Å²) in [5.74, 6) is 0.565. The standard InChI is InChI=1S/C21H23N7O3/c1-26-14-17(19(25-26)31-2)18(29)24-16-6-4-15(5-7-16)20(30)27-10-12-28(13-11-27)21-22-8-3-9-23-21/h3-9,14H,10-13H2,1-2H3,(H,24,29). The fourth-order valence-corrected chi connectivity index (χ4v) is 3.42. The van der Waals surface area contributed by atoms with Crippen molar-refractivity contribution in [2.75, 3.05) is 43.5 Å². The second-order valence-corrected chi connectivity index (χ2v) is 7.09. The van der Waals surface area contributed by atoms with Crippen LogP contribution in [-0.4, -0.2) is 69.8 Å². The number of carbonyl (C=O) groups excluding carboxylic acids is 2. The van der Waals surface area contributed by atoms with E-state index in [4.69, 9.17) is 4.74 Å². The zero-order valence-corrected chi connectivity index (χ0v) is 17.4. The van der Waals surface area contributed by atoms with Crippen molar-refractivity contribution in [3.8, 4) is 5.88 Å². The molecule has 1 aliphatic heterocycles. The molecule has 0 radical (unpaired) electrons. The largest absolute Gasteiger partial charge is 0.479 e. The number of methoxy groups -OCH3 is 1. The van der Waals surface area contributed by atoms with Crippen LogP contribution in [-0.2, 0) is 7.05 Å². The van der Waals surface area contributed by atoms with Gasteiger partial charge in [-0.3, -0.25) is 14.3 Å². The number of nitrogens with one attached hydrogen (secondary N) is 1.